The number of benzene rings is 1. The second-order valence-electron chi connectivity index (χ2n) is 4.39. The fourth-order valence-corrected chi connectivity index (χ4v) is 2.15. The monoisotopic (exact) mass is 300 g/mol. The minimum absolute atomic E-state index is 0.108. The van der Waals surface area contributed by atoms with Gasteiger partial charge in [0.25, 0.3) is 5.56 Å². The van der Waals surface area contributed by atoms with Crippen LogP contribution in [0.2, 0.25) is 0 Å². The molecule has 0 aliphatic heterocycles. The first-order chi connectivity index (χ1) is 9.27. The number of rotatable bonds is 2. The maximum absolute atomic E-state index is 12.6. The summed E-state index contributed by atoms with van der Waals surface area (Å²) in [4.78, 5) is 17.0. The van der Waals surface area contributed by atoms with E-state index in [1.165, 1.54) is 6.07 Å². The Morgan fingerprint density at radius 2 is 1.95 bits per heavy atom. The van der Waals surface area contributed by atoms with Gasteiger partial charge in [-0.1, -0.05) is 18.2 Å². The lowest BCUT2D eigenvalue weighted by Gasteiger charge is -2.09. The smallest absolute Gasteiger partial charge is 0.336 e. The summed E-state index contributed by atoms with van der Waals surface area (Å²) in [6, 6.07) is 4.92. The Kier molecular flexibility index (Phi) is 3.80. The van der Waals surface area contributed by atoms with E-state index in [0.29, 0.717) is 16.8 Å². The number of nitrogens with one attached hydrogen (secondary N) is 2. The molecule has 1 aromatic carbocycles. The maximum atomic E-state index is 12.6. The molecule has 0 amide bonds. The van der Waals surface area contributed by atoms with E-state index in [2.05, 4.69) is 9.97 Å². The molecule has 0 saturated carbocycles. The lowest BCUT2D eigenvalue weighted by Crippen LogP contribution is -2.17. The van der Waals surface area contributed by atoms with Gasteiger partial charge in [0.15, 0.2) is 4.77 Å². The summed E-state index contributed by atoms with van der Waals surface area (Å²) in [5, 5.41) is 0. The van der Waals surface area contributed by atoms with Gasteiger partial charge in [-0.3, -0.25) is 9.78 Å². The first-order valence-corrected chi connectivity index (χ1v) is 6.16. The molecule has 3 nitrogen and oxygen atoms in total. The van der Waals surface area contributed by atoms with Gasteiger partial charge >= 0.3 is 6.18 Å². The molecule has 0 unspecified atom stereocenters. The van der Waals surface area contributed by atoms with E-state index in [-0.39, 0.29) is 16.8 Å². The average Bonchev–Trinajstić information content (AvgIpc) is 2.33. The Bertz CT molecular complexity index is 746. The van der Waals surface area contributed by atoms with Gasteiger partial charge in [0.1, 0.15) is 0 Å². The van der Waals surface area contributed by atoms with E-state index in [9.17, 15) is 18.0 Å². The molecule has 0 atom stereocenters. The van der Waals surface area contributed by atoms with Gasteiger partial charge in [0.05, 0.1) is 5.56 Å². The molecule has 20 heavy (non-hydrogen) atoms. The molecule has 0 saturated heterocycles. The summed E-state index contributed by atoms with van der Waals surface area (Å²) in [6.45, 7) is 1.66. The van der Waals surface area contributed by atoms with Crippen molar-refractivity contribution < 1.29 is 13.2 Å². The molecule has 0 aliphatic rings. The van der Waals surface area contributed by atoms with E-state index in [4.69, 9.17) is 12.2 Å². The highest BCUT2D eigenvalue weighted by molar-refractivity contribution is 7.71. The zero-order valence-electron chi connectivity index (χ0n) is 10.5. The third-order valence-corrected chi connectivity index (χ3v) is 3.09. The zero-order valence-corrected chi connectivity index (χ0v) is 11.3. The molecule has 2 N–H and O–H groups in total. The number of aromatic amines is 2. The van der Waals surface area contributed by atoms with Crippen LogP contribution in [0.1, 0.15) is 22.4 Å². The number of aryl methyl sites for hydroxylation is 1. The first kappa shape index (κ1) is 14.5. The van der Waals surface area contributed by atoms with Gasteiger partial charge < -0.3 is 4.98 Å². The van der Waals surface area contributed by atoms with E-state index in [0.717, 1.165) is 12.1 Å². The Morgan fingerprint density at radius 1 is 1.25 bits per heavy atom. The first-order valence-electron chi connectivity index (χ1n) is 5.75. The highest BCUT2D eigenvalue weighted by atomic mass is 32.1. The molecule has 0 spiro atoms. The molecule has 1 heterocycles. The summed E-state index contributed by atoms with van der Waals surface area (Å²) in [6.07, 6.45) is -4.29. The fourth-order valence-electron chi connectivity index (χ4n) is 1.90. The van der Waals surface area contributed by atoms with Crippen LogP contribution in [0, 0.1) is 11.7 Å². The molecule has 0 fully saturated rings. The minimum atomic E-state index is -4.39. The SMILES string of the molecule is Cc1[nH]c(=S)[nH]c(=O)c1Cc1cccc(C(F)(F)F)c1. The number of hydrogen-bond donors (Lipinski definition) is 2. The summed E-state index contributed by atoms with van der Waals surface area (Å²) in [7, 11) is 0. The highest BCUT2D eigenvalue weighted by Crippen LogP contribution is 2.29. The van der Waals surface area contributed by atoms with Crippen molar-refractivity contribution in [1.29, 1.82) is 0 Å². The summed E-state index contributed by atoms with van der Waals surface area (Å²) in [5.74, 6) is 0. The van der Waals surface area contributed by atoms with Gasteiger partial charge in [0, 0.05) is 17.7 Å². The average molecular weight is 300 g/mol. The summed E-state index contributed by atoms with van der Waals surface area (Å²) in [5.41, 5.74) is 0.227. The van der Waals surface area contributed by atoms with E-state index in [1.54, 1.807) is 13.0 Å². The fraction of sp³-hybridized carbons (Fsp3) is 0.231. The molecular formula is C13H11F3N2OS. The van der Waals surface area contributed by atoms with E-state index >= 15 is 0 Å². The maximum Gasteiger partial charge on any atom is 0.416 e. The van der Waals surface area contributed by atoms with Crippen molar-refractivity contribution in [3.05, 3.63) is 61.8 Å². The second-order valence-corrected chi connectivity index (χ2v) is 4.79. The molecule has 7 heteroatoms. The van der Waals surface area contributed by atoms with Crippen molar-refractivity contribution in [2.24, 2.45) is 0 Å². The molecular weight excluding hydrogens is 289 g/mol. The largest absolute Gasteiger partial charge is 0.416 e. The van der Waals surface area contributed by atoms with Crippen LogP contribution in [-0.2, 0) is 12.6 Å². The number of halogens is 3. The van der Waals surface area contributed by atoms with Gasteiger partial charge in [-0.05, 0) is 30.8 Å². The van der Waals surface area contributed by atoms with Gasteiger partial charge in [-0.15, -0.1) is 0 Å². The molecule has 0 aliphatic carbocycles. The molecule has 106 valence electrons. The molecule has 2 rings (SSSR count). The van der Waals surface area contributed by atoms with Crippen LogP contribution in [0.15, 0.2) is 29.1 Å². The van der Waals surface area contributed by atoms with Crippen LogP contribution >= 0.6 is 12.2 Å². The van der Waals surface area contributed by atoms with Crippen LogP contribution in [0.5, 0.6) is 0 Å². The number of H-pyrrole nitrogens is 2. The van der Waals surface area contributed by atoms with Crippen LogP contribution in [-0.4, -0.2) is 9.97 Å². The predicted octanol–water partition coefficient (Wildman–Crippen LogP) is 3.35. The van der Waals surface area contributed by atoms with Crippen molar-refractivity contribution in [3.8, 4) is 0 Å². The van der Waals surface area contributed by atoms with Gasteiger partial charge in [-0.2, -0.15) is 13.2 Å². The van der Waals surface area contributed by atoms with Crippen LogP contribution in [0.4, 0.5) is 13.2 Å². The topological polar surface area (TPSA) is 48.6 Å². The molecule has 2 aromatic rings. The van der Waals surface area contributed by atoms with Crippen LogP contribution < -0.4 is 5.56 Å². The zero-order chi connectivity index (χ0) is 14.9. The predicted molar refractivity (Wildman–Crippen MR) is 71.2 cm³/mol. The van der Waals surface area contributed by atoms with Crippen molar-refractivity contribution in [3.63, 3.8) is 0 Å². The molecule has 1 aromatic heterocycles. The van der Waals surface area contributed by atoms with E-state index < -0.39 is 11.7 Å². The van der Waals surface area contributed by atoms with Gasteiger partial charge in [0.2, 0.25) is 0 Å². The highest BCUT2D eigenvalue weighted by Gasteiger charge is 2.30. The normalized spacial score (nSPS) is 11.6. The van der Waals surface area contributed by atoms with Crippen molar-refractivity contribution in [2.45, 2.75) is 19.5 Å². The molecule has 0 radical (unpaired) electrons. The van der Waals surface area contributed by atoms with Crippen LogP contribution in [0.25, 0.3) is 0 Å². The summed E-state index contributed by atoms with van der Waals surface area (Å²) < 4.78 is 38.1. The minimum Gasteiger partial charge on any atom is -0.336 e. The number of aromatic nitrogens is 2. The van der Waals surface area contributed by atoms with Crippen LogP contribution in [0.3, 0.4) is 0 Å². The third kappa shape index (κ3) is 3.16. The Hall–Kier alpha value is -1.89. The lowest BCUT2D eigenvalue weighted by molar-refractivity contribution is -0.137. The lowest BCUT2D eigenvalue weighted by atomic mass is 10.0. The van der Waals surface area contributed by atoms with Crippen molar-refractivity contribution in [1.82, 2.24) is 9.97 Å². The van der Waals surface area contributed by atoms with E-state index in [1.807, 2.05) is 0 Å². The van der Waals surface area contributed by atoms with Crippen molar-refractivity contribution >= 4 is 12.2 Å². The Morgan fingerprint density at radius 3 is 2.55 bits per heavy atom. The van der Waals surface area contributed by atoms with Crippen molar-refractivity contribution in [2.75, 3.05) is 0 Å². The number of alkyl halides is 3. The Labute approximate surface area is 117 Å². The third-order valence-electron chi connectivity index (χ3n) is 2.89. The Balaban J connectivity index is 2.41. The number of hydrogen-bond acceptors (Lipinski definition) is 2. The molecule has 0 bridgehead atoms. The quantitative estimate of drug-likeness (QED) is 0.836. The summed E-state index contributed by atoms with van der Waals surface area (Å²) >= 11 is 4.82. The standard InChI is InChI=1S/C13H11F3N2OS/c1-7-10(11(19)18-12(20)17-7)6-8-3-2-4-9(5-8)13(14,15)16/h2-5H,6H2,1H3,(H2,17,18,19,20). The van der Waals surface area contributed by atoms with Gasteiger partial charge in [-0.25, -0.2) is 0 Å². The second kappa shape index (κ2) is 5.24.